The summed E-state index contributed by atoms with van der Waals surface area (Å²) in [5.41, 5.74) is 5.45. The van der Waals surface area contributed by atoms with E-state index in [2.05, 4.69) is 10.1 Å². The lowest BCUT2D eigenvalue weighted by atomic mass is 10.2. The fourth-order valence-corrected chi connectivity index (χ4v) is 2.48. The molecule has 2 aromatic heterocycles. The molecule has 0 aromatic carbocycles. The Balaban J connectivity index is 2.44. The molecule has 21 heavy (non-hydrogen) atoms. The minimum atomic E-state index is -4.52. The minimum absolute atomic E-state index is 0.0662. The van der Waals surface area contributed by atoms with Crippen LogP contribution in [-0.2, 0) is 6.18 Å². The molecule has 0 radical (unpaired) electrons. The SMILES string of the molecule is CC(c1cnc(C(F)(F)F)s1)n1nc(C#N)c(C#N)c1N. The number of thiazole rings is 1. The number of aromatic nitrogens is 3. The van der Waals surface area contributed by atoms with Crippen molar-refractivity contribution in [3.8, 4) is 12.1 Å². The molecule has 1 unspecified atom stereocenters. The zero-order chi connectivity index (χ0) is 15.8. The van der Waals surface area contributed by atoms with Gasteiger partial charge < -0.3 is 5.73 Å². The highest BCUT2D eigenvalue weighted by atomic mass is 32.1. The molecule has 10 heteroatoms. The summed E-state index contributed by atoms with van der Waals surface area (Å²) >= 11 is 0.463. The number of nitrogens with zero attached hydrogens (tertiary/aromatic N) is 5. The maximum atomic E-state index is 12.5. The first kappa shape index (κ1) is 14.8. The van der Waals surface area contributed by atoms with E-state index in [1.807, 2.05) is 0 Å². The first-order chi connectivity index (χ1) is 9.79. The van der Waals surface area contributed by atoms with Crippen molar-refractivity contribution in [1.29, 1.82) is 10.5 Å². The van der Waals surface area contributed by atoms with Crippen LogP contribution in [0.15, 0.2) is 6.20 Å². The molecule has 2 heterocycles. The molecule has 0 saturated carbocycles. The van der Waals surface area contributed by atoms with Crippen LogP contribution in [0, 0.1) is 22.7 Å². The van der Waals surface area contributed by atoms with Gasteiger partial charge >= 0.3 is 6.18 Å². The monoisotopic (exact) mass is 312 g/mol. The fourth-order valence-electron chi connectivity index (χ4n) is 1.66. The second kappa shape index (κ2) is 5.07. The first-order valence-corrected chi connectivity index (χ1v) is 6.32. The van der Waals surface area contributed by atoms with Crippen LogP contribution >= 0.6 is 11.3 Å². The van der Waals surface area contributed by atoms with E-state index in [0.29, 0.717) is 11.3 Å². The van der Waals surface area contributed by atoms with Crippen LogP contribution < -0.4 is 5.73 Å². The highest BCUT2D eigenvalue weighted by Crippen LogP contribution is 2.35. The van der Waals surface area contributed by atoms with Crippen LogP contribution in [0.4, 0.5) is 19.0 Å². The lowest BCUT2D eigenvalue weighted by Crippen LogP contribution is -2.10. The Bertz CT molecular complexity index is 760. The molecule has 0 aliphatic rings. The Morgan fingerprint density at radius 2 is 2.05 bits per heavy atom. The summed E-state index contributed by atoms with van der Waals surface area (Å²) in [5, 5.41) is 20.7. The van der Waals surface area contributed by atoms with E-state index in [1.54, 1.807) is 19.1 Å². The van der Waals surface area contributed by atoms with Gasteiger partial charge in [-0.15, -0.1) is 11.3 Å². The Kier molecular flexibility index (Phi) is 3.58. The van der Waals surface area contributed by atoms with Crippen LogP contribution in [-0.4, -0.2) is 14.8 Å². The maximum absolute atomic E-state index is 12.5. The number of nitriles is 2. The summed E-state index contributed by atoms with van der Waals surface area (Å²) in [4.78, 5) is 3.58. The molecule has 0 spiro atoms. The number of anilines is 1. The van der Waals surface area contributed by atoms with Gasteiger partial charge in [-0.2, -0.15) is 28.8 Å². The molecule has 6 nitrogen and oxygen atoms in total. The van der Waals surface area contributed by atoms with E-state index in [0.717, 1.165) is 10.9 Å². The van der Waals surface area contributed by atoms with Crippen molar-refractivity contribution in [3.63, 3.8) is 0 Å². The van der Waals surface area contributed by atoms with Crippen molar-refractivity contribution < 1.29 is 13.2 Å². The standard InChI is InChI=1S/C11H7F3N6S/c1-5(8-4-18-10(21-8)11(12,13)14)20-9(17)6(2-15)7(3-16)19-20/h4-5H,17H2,1H3. The number of hydrogen-bond acceptors (Lipinski definition) is 6. The fraction of sp³-hybridized carbons (Fsp3) is 0.273. The van der Waals surface area contributed by atoms with E-state index >= 15 is 0 Å². The number of nitrogens with two attached hydrogens (primary N) is 1. The van der Waals surface area contributed by atoms with Gasteiger partial charge in [-0.3, -0.25) is 0 Å². The van der Waals surface area contributed by atoms with Crippen molar-refractivity contribution in [2.75, 3.05) is 5.73 Å². The smallest absolute Gasteiger partial charge is 0.383 e. The van der Waals surface area contributed by atoms with Crippen molar-refractivity contribution >= 4 is 17.2 Å². The summed E-state index contributed by atoms with van der Waals surface area (Å²) in [5.74, 6) is -0.0662. The zero-order valence-electron chi connectivity index (χ0n) is 10.5. The lowest BCUT2D eigenvalue weighted by molar-refractivity contribution is -0.137. The molecule has 0 bridgehead atoms. The number of hydrogen-bond donors (Lipinski definition) is 1. The molecular weight excluding hydrogens is 305 g/mol. The van der Waals surface area contributed by atoms with E-state index < -0.39 is 17.2 Å². The molecule has 108 valence electrons. The predicted molar refractivity (Wildman–Crippen MR) is 67.0 cm³/mol. The second-order valence-electron chi connectivity index (χ2n) is 4.02. The molecule has 1 atom stereocenters. The molecular formula is C11H7F3N6S. The minimum Gasteiger partial charge on any atom is -0.383 e. The van der Waals surface area contributed by atoms with Gasteiger partial charge in [0.25, 0.3) is 0 Å². The quantitative estimate of drug-likeness (QED) is 0.916. The largest absolute Gasteiger partial charge is 0.443 e. The van der Waals surface area contributed by atoms with Crippen LogP contribution in [0.2, 0.25) is 0 Å². The lowest BCUT2D eigenvalue weighted by Gasteiger charge is -2.11. The Labute approximate surface area is 120 Å². The normalized spacial score (nSPS) is 12.7. The molecule has 2 N–H and O–H groups in total. The zero-order valence-corrected chi connectivity index (χ0v) is 11.3. The van der Waals surface area contributed by atoms with Gasteiger partial charge in [0.2, 0.25) is 0 Å². The molecule has 0 aliphatic heterocycles. The third kappa shape index (κ3) is 2.53. The summed E-state index contributed by atoms with van der Waals surface area (Å²) in [6.07, 6.45) is -3.44. The van der Waals surface area contributed by atoms with Crippen molar-refractivity contribution in [2.45, 2.75) is 19.1 Å². The third-order valence-electron chi connectivity index (χ3n) is 2.71. The Hall–Kier alpha value is -2.59. The highest BCUT2D eigenvalue weighted by molar-refractivity contribution is 7.11. The van der Waals surface area contributed by atoms with Gasteiger partial charge in [0.1, 0.15) is 23.5 Å². The van der Waals surface area contributed by atoms with Gasteiger partial charge in [-0.1, -0.05) is 0 Å². The summed E-state index contributed by atoms with van der Waals surface area (Å²) in [6, 6.07) is 2.79. The van der Waals surface area contributed by atoms with E-state index in [9.17, 15) is 13.2 Å². The predicted octanol–water partition coefficient (Wildman–Crippen LogP) is 2.29. The topological polar surface area (TPSA) is 104 Å². The van der Waals surface area contributed by atoms with Gasteiger partial charge in [-0.25, -0.2) is 9.67 Å². The van der Waals surface area contributed by atoms with Gasteiger partial charge in [0, 0.05) is 11.1 Å². The molecule has 0 fully saturated rings. The van der Waals surface area contributed by atoms with Crippen LogP contribution in [0.1, 0.15) is 34.1 Å². The highest BCUT2D eigenvalue weighted by Gasteiger charge is 2.35. The molecule has 0 amide bonds. The average Bonchev–Trinajstić information content (AvgIpc) is 3.01. The summed E-state index contributed by atoms with van der Waals surface area (Å²) in [6.45, 7) is 1.55. The number of halogens is 3. The Morgan fingerprint density at radius 3 is 2.48 bits per heavy atom. The average molecular weight is 312 g/mol. The molecule has 2 rings (SSSR count). The van der Waals surface area contributed by atoms with Crippen molar-refractivity contribution in [3.05, 3.63) is 27.3 Å². The molecule has 0 saturated heterocycles. The number of alkyl halides is 3. The van der Waals surface area contributed by atoms with Gasteiger partial charge in [0.15, 0.2) is 10.7 Å². The number of nitrogen functional groups attached to an aromatic ring is 1. The van der Waals surface area contributed by atoms with Gasteiger partial charge in [-0.05, 0) is 6.92 Å². The first-order valence-electron chi connectivity index (χ1n) is 5.50. The second-order valence-corrected chi connectivity index (χ2v) is 5.08. The van der Waals surface area contributed by atoms with Crippen molar-refractivity contribution in [2.24, 2.45) is 0 Å². The summed E-state index contributed by atoms with van der Waals surface area (Å²) in [7, 11) is 0. The Morgan fingerprint density at radius 1 is 1.38 bits per heavy atom. The van der Waals surface area contributed by atoms with Crippen molar-refractivity contribution in [1.82, 2.24) is 14.8 Å². The van der Waals surface area contributed by atoms with E-state index in [-0.39, 0.29) is 22.0 Å². The summed E-state index contributed by atoms with van der Waals surface area (Å²) < 4.78 is 38.8. The molecule has 2 aromatic rings. The van der Waals surface area contributed by atoms with Crippen LogP contribution in [0.3, 0.4) is 0 Å². The third-order valence-corrected chi connectivity index (χ3v) is 3.92. The number of rotatable bonds is 2. The van der Waals surface area contributed by atoms with E-state index in [4.69, 9.17) is 16.3 Å². The van der Waals surface area contributed by atoms with Gasteiger partial charge in [0.05, 0.1) is 6.04 Å². The van der Waals surface area contributed by atoms with E-state index in [1.165, 1.54) is 0 Å². The van der Waals surface area contributed by atoms with Crippen LogP contribution in [0.25, 0.3) is 0 Å². The molecule has 0 aliphatic carbocycles. The van der Waals surface area contributed by atoms with Crippen LogP contribution in [0.5, 0.6) is 0 Å². The maximum Gasteiger partial charge on any atom is 0.443 e.